The van der Waals surface area contributed by atoms with Crippen LogP contribution < -0.4 is 5.48 Å². The largest absolute Gasteiger partial charge is 0.442 e. The zero-order chi connectivity index (χ0) is 14.7. The summed E-state index contributed by atoms with van der Waals surface area (Å²) in [4.78, 5) is 16.3. The third-order valence-electron chi connectivity index (χ3n) is 2.27. The number of ether oxygens (including phenoxy) is 3. The average Bonchev–Trinajstić information content (AvgIpc) is 2.50. The van der Waals surface area contributed by atoms with E-state index in [9.17, 15) is 4.79 Å². The number of aliphatic hydroxyl groups excluding tert-OH is 1. The van der Waals surface area contributed by atoms with Crippen LogP contribution in [-0.4, -0.2) is 48.0 Å². The number of carbonyl (C=O) groups excluding carboxylic acids is 1. The summed E-state index contributed by atoms with van der Waals surface area (Å²) in [7, 11) is 0. The number of aliphatic hydroxyl groups is 1. The van der Waals surface area contributed by atoms with Gasteiger partial charge in [-0.2, -0.15) is 5.48 Å². The summed E-state index contributed by atoms with van der Waals surface area (Å²) >= 11 is 0. The van der Waals surface area contributed by atoms with Crippen LogP contribution in [0.2, 0.25) is 0 Å². The Bertz CT molecular complexity index is 312. The van der Waals surface area contributed by atoms with E-state index >= 15 is 0 Å². The standard InChI is InChI=1S/C12H23NO6/c1-11(2,3)19-10(15)13-16-7-9-8(6-14)17-12(4,5)18-9/h8-9,14H,6-7H2,1-5H3,(H,13,15)/t8-,9-/m1/s1. The van der Waals surface area contributed by atoms with E-state index < -0.39 is 29.7 Å². The van der Waals surface area contributed by atoms with Crippen LogP contribution in [0.25, 0.3) is 0 Å². The minimum absolute atomic E-state index is 0.0634. The maximum Gasteiger partial charge on any atom is 0.431 e. The molecule has 0 aliphatic carbocycles. The molecule has 0 aromatic heterocycles. The lowest BCUT2D eigenvalue weighted by Crippen LogP contribution is -2.37. The van der Waals surface area contributed by atoms with E-state index in [4.69, 9.17) is 24.2 Å². The van der Waals surface area contributed by atoms with Gasteiger partial charge in [-0.25, -0.2) is 4.79 Å². The molecule has 0 spiro atoms. The summed E-state index contributed by atoms with van der Waals surface area (Å²) < 4.78 is 16.0. The molecule has 1 rings (SSSR count). The SMILES string of the molecule is CC(C)(C)OC(=O)NOC[C@H]1OC(C)(C)O[C@@H]1CO. The molecule has 19 heavy (non-hydrogen) atoms. The molecule has 0 unspecified atom stereocenters. The first-order valence-corrected chi connectivity index (χ1v) is 6.20. The van der Waals surface area contributed by atoms with Crippen LogP contribution in [0.3, 0.4) is 0 Å². The monoisotopic (exact) mass is 277 g/mol. The summed E-state index contributed by atoms with van der Waals surface area (Å²) in [6.45, 7) is 8.64. The first-order valence-electron chi connectivity index (χ1n) is 6.20. The van der Waals surface area contributed by atoms with Crippen molar-refractivity contribution in [2.24, 2.45) is 0 Å². The normalized spacial score (nSPS) is 26.2. The maximum atomic E-state index is 11.3. The van der Waals surface area contributed by atoms with Crippen molar-refractivity contribution < 1.29 is 28.9 Å². The fourth-order valence-electron chi connectivity index (χ4n) is 1.69. The Morgan fingerprint density at radius 2 is 1.89 bits per heavy atom. The van der Waals surface area contributed by atoms with E-state index in [1.165, 1.54) is 0 Å². The number of hydrogen-bond acceptors (Lipinski definition) is 6. The van der Waals surface area contributed by atoms with Crippen molar-refractivity contribution in [3.8, 4) is 0 Å². The van der Waals surface area contributed by atoms with Gasteiger partial charge >= 0.3 is 6.09 Å². The highest BCUT2D eigenvalue weighted by molar-refractivity contribution is 5.66. The van der Waals surface area contributed by atoms with E-state index in [1.54, 1.807) is 34.6 Å². The Balaban J connectivity index is 2.31. The highest BCUT2D eigenvalue weighted by Crippen LogP contribution is 2.27. The molecule has 7 heteroatoms. The highest BCUT2D eigenvalue weighted by atomic mass is 16.8. The number of amides is 1. The molecule has 1 heterocycles. The second kappa shape index (κ2) is 6.04. The van der Waals surface area contributed by atoms with Gasteiger partial charge in [0.1, 0.15) is 24.4 Å². The van der Waals surface area contributed by atoms with Crippen molar-refractivity contribution in [3.63, 3.8) is 0 Å². The van der Waals surface area contributed by atoms with Crippen molar-refractivity contribution in [3.05, 3.63) is 0 Å². The Labute approximate surface area is 113 Å². The molecule has 2 N–H and O–H groups in total. The molecule has 1 aliphatic rings. The Morgan fingerprint density at radius 1 is 1.32 bits per heavy atom. The summed E-state index contributed by atoms with van der Waals surface area (Å²) in [5.74, 6) is -0.770. The second-order valence-corrected chi connectivity index (χ2v) is 5.81. The van der Waals surface area contributed by atoms with Crippen molar-refractivity contribution in [2.45, 2.75) is 58.2 Å². The molecule has 0 bridgehead atoms. The van der Waals surface area contributed by atoms with Gasteiger partial charge in [-0.15, -0.1) is 0 Å². The Hall–Kier alpha value is -0.890. The van der Waals surface area contributed by atoms with Crippen LogP contribution in [0.5, 0.6) is 0 Å². The molecule has 0 radical (unpaired) electrons. The van der Waals surface area contributed by atoms with Gasteiger partial charge in [0.2, 0.25) is 0 Å². The zero-order valence-corrected chi connectivity index (χ0v) is 12.1. The maximum absolute atomic E-state index is 11.3. The number of nitrogens with one attached hydrogen (secondary N) is 1. The van der Waals surface area contributed by atoms with Gasteiger partial charge < -0.3 is 19.3 Å². The third-order valence-corrected chi connectivity index (χ3v) is 2.27. The molecular formula is C12H23NO6. The summed E-state index contributed by atoms with van der Waals surface area (Å²) in [6.07, 6.45) is -1.60. The molecule has 1 fully saturated rings. The van der Waals surface area contributed by atoms with E-state index in [0.29, 0.717) is 0 Å². The third kappa shape index (κ3) is 5.73. The molecule has 0 aromatic carbocycles. The van der Waals surface area contributed by atoms with Crippen LogP contribution in [0.1, 0.15) is 34.6 Å². The van der Waals surface area contributed by atoms with E-state index in [-0.39, 0.29) is 13.2 Å². The van der Waals surface area contributed by atoms with Crippen molar-refractivity contribution >= 4 is 6.09 Å². The van der Waals surface area contributed by atoms with E-state index in [1.807, 2.05) is 0 Å². The van der Waals surface area contributed by atoms with E-state index in [0.717, 1.165) is 0 Å². The van der Waals surface area contributed by atoms with Gasteiger partial charge in [-0.3, -0.25) is 4.84 Å². The lowest BCUT2D eigenvalue weighted by Gasteiger charge is -2.20. The minimum atomic E-state index is -0.770. The number of carbonyl (C=O) groups is 1. The van der Waals surface area contributed by atoms with Crippen LogP contribution in [0.4, 0.5) is 4.79 Å². The molecule has 0 saturated carbocycles. The molecule has 112 valence electrons. The predicted octanol–water partition coefficient (Wildman–Crippen LogP) is 0.955. The van der Waals surface area contributed by atoms with Gasteiger partial charge in [0, 0.05) is 0 Å². The predicted molar refractivity (Wildman–Crippen MR) is 66.2 cm³/mol. The quantitative estimate of drug-likeness (QED) is 0.744. The molecule has 2 atom stereocenters. The minimum Gasteiger partial charge on any atom is -0.442 e. The molecular weight excluding hydrogens is 254 g/mol. The second-order valence-electron chi connectivity index (χ2n) is 5.81. The van der Waals surface area contributed by atoms with Gasteiger partial charge in [0.25, 0.3) is 0 Å². The lowest BCUT2D eigenvalue weighted by molar-refractivity contribution is -0.154. The van der Waals surface area contributed by atoms with Gasteiger partial charge in [-0.1, -0.05) is 0 Å². The van der Waals surface area contributed by atoms with Gasteiger partial charge in [-0.05, 0) is 34.6 Å². The Morgan fingerprint density at radius 3 is 2.42 bits per heavy atom. The topological polar surface area (TPSA) is 86.3 Å². The summed E-state index contributed by atoms with van der Waals surface area (Å²) in [5, 5.41) is 9.16. The number of rotatable bonds is 4. The molecule has 1 aliphatic heterocycles. The lowest BCUT2D eigenvalue weighted by atomic mass is 10.2. The van der Waals surface area contributed by atoms with Crippen LogP contribution in [-0.2, 0) is 19.0 Å². The van der Waals surface area contributed by atoms with Gasteiger partial charge in [0.05, 0.1) is 6.61 Å². The number of hydrogen-bond donors (Lipinski definition) is 2. The average molecular weight is 277 g/mol. The highest BCUT2D eigenvalue weighted by Gasteiger charge is 2.41. The van der Waals surface area contributed by atoms with Crippen molar-refractivity contribution in [2.75, 3.05) is 13.2 Å². The molecule has 0 aromatic rings. The molecule has 1 saturated heterocycles. The fourth-order valence-corrected chi connectivity index (χ4v) is 1.69. The van der Waals surface area contributed by atoms with Crippen molar-refractivity contribution in [1.29, 1.82) is 0 Å². The summed E-state index contributed by atoms with van der Waals surface area (Å²) in [5.41, 5.74) is 1.57. The fraction of sp³-hybridized carbons (Fsp3) is 0.917. The molecule has 1 amide bonds. The van der Waals surface area contributed by atoms with Crippen LogP contribution in [0.15, 0.2) is 0 Å². The summed E-state index contributed by atoms with van der Waals surface area (Å²) in [6, 6.07) is 0. The first-order chi connectivity index (χ1) is 8.63. The number of hydroxylamine groups is 1. The van der Waals surface area contributed by atoms with Crippen LogP contribution >= 0.6 is 0 Å². The van der Waals surface area contributed by atoms with Crippen LogP contribution in [0, 0.1) is 0 Å². The smallest absolute Gasteiger partial charge is 0.431 e. The zero-order valence-electron chi connectivity index (χ0n) is 12.1. The first kappa shape index (κ1) is 16.2. The molecule has 7 nitrogen and oxygen atoms in total. The van der Waals surface area contributed by atoms with E-state index in [2.05, 4.69) is 5.48 Å². The Kier molecular flexibility index (Phi) is 5.14. The van der Waals surface area contributed by atoms with Gasteiger partial charge in [0.15, 0.2) is 5.79 Å². The van der Waals surface area contributed by atoms with Crippen molar-refractivity contribution in [1.82, 2.24) is 5.48 Å².